The van der Waals surface area contributed by atoms with Crippen LogP contribution in [-0.2, 0) is 9.69 Å². The van der Waals surface area contributed by atoms with Crippen molar-refractivity contribution >= 4 is 19.8 Å². The standard InChI is InChI=1S/C3H6B2O4/c6-3(7)4-5-1-2-8-9-5/h4H,1-2H2,(H,6,7). The van der Waals surface area contributed by atoms with Crippen molar-refractivity contribution in [3.63, 3.8) is 0 Å². The minimum atomic E-state index is -0.842. The molecule has 0 atom stereocenters. The van der Waals surface area contributed by atoms with E-state index < -0.39 is 5.87 Å². The smallest absolute Gasteiger partial charge is 0.316 e. The van der Waals surface area contributed by atoms with Crippen LogP contribution in [0.1, 0.15) is 0 Å². The third-order valence-corrected chi connectivity index (χ3v) is 1.13. The van der Waals surface area contributed by atoms with Crippen LogP contribution in [0.25, 0.3) is 0 Å². The topological polar surface area (TPSA) is 55.8 Å². The molecule has 4 nitrogen and oxygen atoms in total. The maximum absolute atomic E-state index is 10.0. The monoisotopic (exact) mass is 128 g/mol. The first-order valence-electron chi connectivity index (χ1n) is 2.79. The second kappa shape index (κ2) is 2.89. The molecule has 6 heteroatoms. The van der Waals surface area contributed by atoms with E-state index in [2.05, 4.69) is 9.69 Å². The van der Waals surface area contributed by atoms with Gasteiger partial charge in [-0.05, 0) is 6.32 Å². The molecule has 0 aromatic carbocycles. The molecular weight excluding hydrogens is 122 g/mol. The average molecular weight is 128 g/mol. The summed E-state index contributed by atoms with van der Waals surface area (Å²) in [6, 6.07) is 0. The largest absolute Gasteiger partial charge is 0.490 e. The average Bonchev–Trinajstić information content (AvgIpc) is 2.15. The first kappa shape index (κ1) is 6.64. The molecule has 0 aromatic rings. The third kappa shape index (κ3) is 2.07. The van der Waals surface area contributed by atoms with E-state index in [1.807, 2.05) is 0 Å². The molecule has 1 fully saturated rings. The Hall–Kier alpha value is -0.480. The molecule has 0 aliphatic carbocycles. The van der Waals surface area contributed by atoms with Gasteiger partial charge in [-0.25, -0.2) is 0 Å². The van der Waals surface area contributed by atoms with Crippen LogP contribution in [0, 0.1) is 0 Å². The summed E-state index contributed by atoms with van der Waals surface area (Å²) in [7, 11) is 0.0417. The van der Waals surface area contributed by atoms with Gasteiger partial charge in [0, 0.05) is 0 Å². The zero-order valence-corrected chi connectivity index (χ0v) is 4.87. The first-order chi connectivity index (χ1) is 4.29. The molecule has 1 rings (SSSR count). The zero-order chi connectivity index (χ0) is 6.69. The maximum atomic E-state index is 10.0. The van der Waals surface area contributed by atoms with E-state index in [0.29, 0.717) is 12.9 Å². The Bertz CT molecular complexity index is 110. The molecule has 0 bridgehead atoms. The summed E-state index contributed by atoms with van der Waals surface area (Å²) >= 11 is 0. The molecule has 0 amide bonds. The lowest BCUT2D eigenvalue weighted by atomic mass is 9.32. The molecule has 0 spiro atoms. The number of carboxylic acid groups (broad SMARTS) is 1. The molecular formula is C3H6B2O4. The molecule has 1 saturated heterocycles. The van der Waals surface area contributed by atoms with Crippen molar-refractivity contribution in [3.05, 3.63) is 0 Å². The van der Waals surface area contributed by atoms with Crippen LogP contribution < -0.4 is 0 Å². The summed E-state index contributed by atoms with van der Waals surface area (Å²) in [5, 5.41) is 8.24. The highest BCUT2D eigenvalue weighted by Crippen LogP contribution is 2.03. The van der Waals surface area contributed by atoms with Crippen LogP contribution in [0.15, 0.2) is 0 Å². The van der Waals surface area contributed by atoms with Crippen LogP contribution in [-0.4, -0.2) is 31.6 Å². The van der Waals surface area contributed by atoms with E-state index in [-0.39, 0.29) is 14.0 Å². The summed E-state index contributed by atoms with van der Waals surface area (Å²) in [5.74, 6) is -0.842. The number of hydrogen-bond acceptors (Lipinski definition) is 3. The van der Waals surface area contributed by atoms with Gasteiger partial charge in [-0.1, -0.05) is 0 Å². The Kier molecular flexibility index (Phi) is 2.13. The lowest BCUT2D eigenvalue weighted by Crippen LogP contribution is -2.27. The lowest BCUT2D eigenvalue weighted by Gasteiger charge is -1.93. The summed E-state index contributed by atoms with van der Waals surface area (Å²) in [5.41, 5.74) is 0. The zero-order valence-electron chi connectivity index (χ0n) is 4.87. The van der Waals surface area contributed by atoms with Crippen LogP contribution in [0.5, 0.6) is 0 Å². The highest BCUT2D eigenvalue weighted by atomic mass is 17.2. The Morgan fingerprint density at radius 2 is 2.56 bits per heavy atom. The quantitative estimate of drug-likeness (QED) is 0.404. The Morgan fingerprint density at radius 1 is 1.78 bits per heavy atom. The maximum Gasteiger partial charge on any atom is 0.316 e. The van der Waals surface area contributed by atoms with Crippen LogP contribution in [0.2, 0.25) is 6.32 Å². The van der Waals surface area contributed by atoms with Gasteiger partial charge in [0.05, 0.1) is 6.61 Å². The SMILES string of the molecule is O=C(O)BB1CCOO1. The van der Waals surface area contributed by atoms with Gasteiger partial charge in [0.25, 0.3) is 7.17 Å². The molecule has 1 N–H and O–H groups in total. The van der Waals surface area contributed by atoms with E-state index in [9.17, 15) is 4.79 Å². The molecule has 1 aliphatic rings. The highest BCUT2D eigenvalue weighted by molar-refractivity contribution is 7.21. The van der Waals surface area contributed by atoms with E-state index >= 15 is 0 Å². The molecule has 1 aliphatic heterocycles. The van der Waals surface area contributed by atoms with Gasteiger partial charge < -0.3 is 9.91 Å². The first-order valence-corrected chi connectivity index (χ1v) is 2.79. The minimum absolute atomic E-state index is 0.0417. The van der Waals surface area contributed by atoms with Crippen molar-refractivity contribution < 1.29 is 19.6 Å². The van der Waals surface area contributed by atoms with Crippen LogP contribution in [0.4, 0.5) is 4.79 Å². The van der Waals surface area contributed by atoms with Gasteiger partial charge >= 0.3 is 6.81 Å². The van der Waals surface area contributed by atoms with Crippen molar-refractivity contribution in [2.75, 3.05) is 6.61 Å². The van der Waals surface area contributed by atoms with Gasteiger partial charge in [-0.15, -0.1) is 0 Å². The van der Waals surface area contributed by atoms with Crippen LogP contribution >= 0.6 is 0 Å². The van der Waals surface area contributed by atoms with E-state index in [1.165, 1.54) is 0 Å². The summed E-state index contributed by atoms with van der Waals surface area (Å²) in [6.45, 7) is 0.278. The molecule has 0 saturated carbocycles. The third-order valence-electron chi connectivity index (χ3n) is 1.13. The molecule has 48 valence electrons. The molecule has 0 unspecified atom stereocenters. The van der Waals surface area contributed by atoms with E-state index in [1.54, 1.807) is 0 Å². The minimum Gasteiger partial charge on any atom is -0.490 e. The number of hydrogen-bond donors (Lipinski definition) is 1. The van der Waals surface area contributed by atoms with E-state index in [0.717, 1.165) is 0 Å². The lowest BCUT2D eigenvalue weighted by molar-refractivity contribution is -0.183. The summed E-state index contributed by atoms with van der Waals surface area (Å²) < 4.78 is 0. The fourth-order valence-corrected chi connectivity index (χ4v) is 0.703. The second-order valence-corrected chi connectivity index (χ2v) is 1.93. The van der Waals surface area contributed by atoms with Crippen molar-refractivity contribution in [2.45, 2.75) is 6.32 Å². The predicted octanol–water partition coefficient (Wildman–Crippen LogP) is -0.449. The normalized spacial score (nSPS) is 18.0. The van der Waals surface area contributed by atoms with Crippen molar-refractivity contribution in [1.29, 1.82) is 0 Å². The highest BCUT2D eigenvalue weighted by Gasteiger charge is 2.27. The number of carbonyl (C=O) groups is 1. The van der Waals surface area contributed by atoms with Crippen molar-refractivity contribution in [2.24, 2.45) is 0 Å². The van der Waals surface area contributed by atoms with E-state index in [4.69, 9.17) is 5.11 Å². The molecule has 0 radical (unpaired) electrons. The van der Waals surface area contributed by atoms with Gasteiger partial charge in [-0.2, -0.15) is 0 Å². The van der Waals surface area contributed by atoms with Crippen molar-refractivity contribution in [3.8, 4) is 0 Å². The molecule has 9 heavy (non-hydrogen) atoms. The van der Waals surface area contributed by atoms with Gasteiger partial charge in [-0.3, -0.25) is 9.68 Å². The second-order valence-electron chi connectivity index (χ2n) is 1.93. The fraction of sp³-hybridized carbons (Fsp3) is 0.667. The summed E-state index contributed by atoms with van der Waals surface area (Å²) in [6.07, 6.45) is 0.687. The predicted molar refractivity (Wildman–Crippen MR) is 32.8 cm³/mol. The molecule has 1 heterocycles. The van der Waals surface area contributed by atoms with Gasteiger partial charge in [0.1, 0.15) is 0 Å². The van der Waals surface area contributed by atoms with Crippen molar-refractivity contribution in [1.82, 2.24) is 0 Å². The fourth-order valence-electron chi connectivity index (χ4n) is 0.703. The Morgan fingerprint density at radius 3 is 3.00 bits per heavy atom. The Balaban J connectivity index is 2.19. The summed E-state index contributed by atoms with van der Waals surface area (Å²) in [4.78, 5) is 19.1. The molecule has 0 aromatic heterocycles. The number of rotatable bonds is 2. The van der Waals surface area contributed by atoms with Gasteiger partial charge in [0.15, 0.2) is 0 Å². The van der Waals surface area contributed by atoms with Crippen LogP contribution in [0.3, 0.4) is 0 Å². The Labute approximate surface area is 53.4 Å². The van der Waals surface area contributed by atoms with Gasteiger partial charge in [0.2, 0.25) is 5.87 Å².